The molecule has 16 nitrogen and oxygen atoms in total. The van der Waals surface area contributed by atoms with Crippen molar-refractivity contribution in [2.24, 2.45) is 11.8 Å². The Morgan fingerprint density at radius 1 is 0.783 bits per heavy atom. The summed E-state index contributed by atoms with van der Waals surface area (Å²) in [6.45, 7) is 4.10. The van der Waals surface area contributed by atoms with Gasteiger partial charge in [0.25, 0.3) is 0 Å². The number of hydrogen-bond donors (Lipinski definition) is 3. The smallest absolute Gasteiger partial charge is 0.306 e. The number of hydrogen-bond acceptors (Lipinski definition) is 14. The van der Waals surface area contributed by atoms with Gasteiger partial charge < -0.3 is 30.1 Å². The van der Waals surface area contributed by atoms with Crippen LogP contribution in [0.3, 0.4) is 0 Å². The number of carbonyl (C=O) groups is 2. The van der Waals surface area contributed by atoms with E-state index in [1.165, 1.54) is 16.8 Å². The third kappa shape index (κ3) is 7.19. The summed E-state index contributed by atoms with van der Waals surface area (Å²) in [5, 5.41) is 26.7. The molecule has 0 aliphatic heterocycles. The Hall–Kier alpha value is -6.40. The molecule has 10 rings (SSSR count). The largest absolute Gasteiger partial charge is 0.493 e. The highest BCUT2D eigenvalue weighted by atomic mass is 32.1. The van der Waals surface area contributed by atoms with E-state index < -0.39 is 5.97 Å². The molecule has 2 aliphatic rings. The highest BCUT2D eigenvalue weighted by Gasteiger charge is 2.32. The first-order valence-electron chi connectivity index (χ1n) is 19.7. The second-order valence-electron chi connectivity index (χ2n) is 15.2. The average molecular weight is 846 g/mol. The van der Waals surface area contributed by atoms with E-state index in [0.717, 1.165) is 78.4 Å². The molecule has 8 aromatic heterocycles. The van der Waals surface area contributed by atoms with E-state index in [1.54, 1.807) is 64.6 Å². The quantitative estimate of drug-likeness (QED) is 0.131. The van der Waals surface area contributed by atoms with Gasteiger partial charge >= 0.3 is 5.97 Å². The Kier molecular flexibility index (Phi) is 10.4. The van der Waals surface area contributed by atoms with Crippen molar-refractivity contribution in [2.75, 3.05) is 31.9 Å². The Labute approximate surface area is 352 Å². The number of thiophene rings is 2. The second-order valence-corrected chi connectivity index (χ2v) is 17.4. The Balaban J connectivity index is 0.000000155. The van der Waals surface area contributed by atoms with E-state index in [4.69, 9.17) is 9.47 Å². The fourth-order valence-electron chi connectivity index (χ4n) is 8.04. The maximum atomic E-state index is 12.9. The van der Waals surface area contributed by atoms with Gasteiger partial charge in [-0.15, -0.1) is 22.7 Å². The molecule has 0 spiro atoms. The van der Waals surface area contributed by atoms with Gasteiger partial charge in [0.2, 0.25) is 5.91 Å². The molecule has 8 aromatic rings. The number of rotatable bonds is 9. The number of aliphatic carboxylic acids is 1. The first-order valence-corrected chi connectivity index (χ1v) is 21.3. The minimum atomic E-state index is -0.730. The maximum Gasteiger partial charge on any atom is 0.306 e. The van der Waals surface area contributed by atoms with Crippen LogP contribution in [0.2, 0.25) is 0 Å². The first kappa shape index (κ1) is 39.1. The number of pyridine rings is 2. The number of ether oxygens (including phenoxy) is 2. The second kappa shape index (κ2) is 16.0. The van der Waals surface area contributed by atoms with Crippen LogP contribution >= 0.6 is 22.7 Å². The van der Waals surface area contributed by atoms with Crippen LogP contribution in [0, 0.1) is 11.8 Å². The number of nitrogens with one attached hydrogen (secondary N) is 2. The van der Waals surface area contributed by atoms with Crippen LogP contribution < -0.4 is 20.1 Å². The van der Waals surface area contributed by atoms with Crippen LogP contribution in [0.4, 0.5) is 23.0 Å². The summed E-state index contributed by atoms with van der Waals surface area (Å²) < 4.78 is 14.6. The number of methoxy groups -OCH3 is 2. The van der Waals surface area contributed by atoms with E-state index in [0.29, 0.717) is 36.6 Å². The van der Waals surface area contributed by atoms with Crippen molar-refractivity contribution in [2.45, 2.75) is 58.4 Å². The first-order chi connectivity index (χ1) is 29.1. The molecule has 18 heteroatoms. The van der Waals surface area contributed by atoms with E-state index >= 15 is 0 Å². The van der Waals surface area contributed by atoms with Gasteiger partial charge in [-0.2, -0.15) is 10.2 Å². The molecule has 0 aromatic carbocycles. The molecule has 2 atom stereocenters. The van der Waals surface area contributed by atoms with Crippen LogP contribution in [0.15, 0.2) is 61.7 Å². The number of carboxylic acid groups (broad SMARTS) is 1. The van der Waals surface area contributed by atoms with Crippen molar-refractivity contribution in [3.63, 3.8) is 0 Å². The van der Waals surface area contributed by atoms with Crippen LogP contribution in [0.1, 0.15) is 47.6 Å². The lowest BCUT2D eigenvalue weighted by Gasteiger charge is -2.29. The summed E-state index contributed by atoms with van der Waals surface area (Å²) in [7, 11) is 5.15. The standard InChI is InChI=1S/C23H26N6O2S.C19H17N5O3S/c1-13(2)28(3)23(30)14-5-6-16-19(9-14)32-22-20(16)21(24-12-25-22)27-17-10-15-7-8-26-29(15)11-18(17)31-4;1-27-14-8-24-11(4-5-22-24)7-13(14)23-17-16-12-3-2-10(19(25)26)6-15(12)28-18(16)21-9-20-17/h7-8,10-14H,5-6,9H2,1-4H3,(H,24,25,27);4-5,7-10H,2-3,6H2,1H3,(H,25,26)(H,20,21,23)/t14-;10-/m00/s1. The summed E-state index contributed by atoms with van der Waals surface area (Å²) in [5.74, 6) is 2.00. The van der Waals surface area contributed by atoms with E-state index in [9.17, 15) is 14.7 Å². The zero-order valence-electron chi connectivity index (χ0n) is 33.7. The molecule has 3 N–H and O–H groups in total. The molecule has 0 saturated heterocycles. The lowest BCUT2D eigenvalue weighted by molar-refractivity contribution is -0.142. The molecular weight excluding hydrogens is 803 g/mol. The molecule has 0 bridgehead atoms. The summed E-state index contributed by atoms with van der Waals surface area (Å²) in [4.78, 5) is 48.3. The highest BCUT2D eigenvalue weighted by molar-refractivity contribution is 7.19. The zero-order valence-corrected chi connectivity index (χ0v) is 35.3. The van der Waals surface area contributed by atoms with Gasteiger partial charge in [0.15, 0.2) is 11.5 Å². The topological polar surface area (TPSA) is 186 Å². The number of anilines is 4. The third-order valence-electron chi connectivity index (χ3n) is 11.5. The van der Waals surface area contributed by atoms with Gasteiger partial charge in [-0.1, -0.05) is 0 Å². The maximum absolute atomic E-state index is 12.9. The lowest BCUT2D eigenvalue weighted by atomic mass is 9.86. The van der Waals surface area contributed by atoms with Gasteiger partial charge in [-0.05, 0) is 87.8 Å². The highest BCUT2D eigenvalue weighted by Crippen LogP contribution is 2.43. The summed E-state index contributed by atoms with van der Waals surface area (Å²) in [5.41, 5.74) is 5.92. The van der Waals surface area contributed by atoms with Gasteiger partial charge in [0.05, 0.1) is 65.7 Å². The van der Waals surface area contributed by atoms with Crippen molar-refractivity contribution in [3.8, 4) is 11.5 Å². The number of fused-ring (bicyclic) bond motifs is 8. The van der Waals surface area contributed by atoms with Crippen LogP contribution in [0.5, 0.6) is 11.5 Å². The van der Waals surface area contributed by atoms with Gasteiger partial charge in [0, 0.05) is 41.2 Å². The van der Waals surface area contributed by atoms with E-state index in [-0.39, 0.29) is 23.8 Å². The van der Waals surface area contributed by atoms with Crippen LogP contribution in [-0.4, -0.2) is 88.4 Å². The molecule has 308 valence electrons. The normalized spacial score (nSPS) is 16.0. The number of aryl methyl sites for hydroxylation is 2. The van der Waals surface area contributed by atoms with Crippen molar-refractivity contribution in [1.82, 2.24) is 44.1 Å². The van der Waals surface area contributed by atoms with E-state index in [2.05, 4.69) is 54.6 Å². The van der Waals surface area contributed by atoms with Crippen LogP contribution in [0.25, 0.3) is 31.5 Å². The SMILES string of the molecule is COc1cn2nccc2cc1Nc1ncnc2sc3c(c12)CC[C@H](C(=O)N(C)C(C)C)C3.COc1cn2nccc2cc1Nc1ncnc2sc3c(c12)CC[C@H](C(=O)O)C3. The number of aromatic nitrogens is 8. The molecule has 0 saturated carbocycles. The number of carbonyl (C=O) groups excluding carboxylic acids is 1. The van der Waals surface area contributed by atoms with Gasteiger partial charge in [0.1, 0.15) is 34.0 Å². The Bertz CT molecular complexity index is 2920. The predicted octanol–water partition coefficient (Wildman–Crippen LogP) is 7.34. The molecule has 8 heterocycles. The molecule has 0 radical (unpaired) electrons. The molecule has 1 amide bonds. The van der Waals surface area contributed by atoms with Gasteiger partial charge in [-0.25, -0.2) is 29.0 Å². The predicted molar refractivity (Wildman–Crippen MR) is 231 cm³/mol. The fraction of sp³-hybridized carbons (Fsp3) is 0.333. The fourth-order valence-corrected chi connectivity index (χ4v) is 10.6. The van der Waals surface area contributed by atoms with Crippen molar-refractivity contribution < 1.29 is 24.2 Å². The summed E-state index contributed by atoms with van der Waals surface area (Å²) in [6, 6.07) is 8.01. The van der Waals surface area contributed by atoms with Crippen LogP contribution in [-0.2, 0) is 35.3 Å². The molecular formula is C42H43N11O5S2. The average Bonchev–Trinajstić information content (AvgIpc) is 4.07. The van der Waals surface area contributed by atoms with Crippen molar-refractivity contribution in [1.29, 1.82) is 0 Å². The Morgan fingerprint density at radius 3 is 1.73 bits per heavy atom. The molecule has 0 unspecified atom stereocenters. The lowest BCUT2D eigenvalue weighted by Crippen LogP contribution is -2.39. The summed E-state index contributed by atoms with van der Waals surface area (Å²) in [6.07, 6.45) is 14.6. The minimum Gasteiger partial charge on any atom is -0.493 e. The number of nitrogens with zero attached hydrogens (tertiary/aromatic N) is 9. The summed E-state index contributed by atoms with van der Waals surface area (Å²) >= 11 is 3.23. The number of amides is 1. The Morgan fingerprint density at radius 2 is 1.27 bits per heavy atom. The van der Waals surface area contributed by atoms with Crippen molar-refractivity contribution in [3.05, 3.63) is 82.6 Å². The van der Waals surface area contributed by atoms with E-state index in [1.807, 2.05) is 48.6 Å². The monoisotopic (exact) mass is 845 g/mol. The number of carboxylic acids is 1. The molecule has 60 heavy (non-hydrogen) atoms. The zero-order chi connectivity index (χ0) is 41.7. The van der Waals surface area contributed by atoms with Crippen molar-refractivity contribution >= 4 is 89.0 Å². The molecule has 0 fully saturated rings. The minimum absolute atomic E-state index is 0.0247. The third-order valence-corrected chi connectivity index (χ3v) is 13.8. The molecule has 2 aliphatic carbocycles. The van der Waals surface area contributed by atoms with Gasteiger partial charge in [-0.3, -0.25) is 9.59 Å².